The third kappa shape index (κ3) is 1.82. The second-order valence-electron chi connectivity index (χ2n) is 3.64. The Labute approximate surface area is 95.4 Å². The summed E-state index contributed by atoms with van der Waals surface area (Å²) in [6.45, 7) is 3.42. The van der Waals surface area contributed by atoms with Gasteiger partial charge in [0.2, 0.25) is 0 Å². The van der Waals surface area contributed by atoms with Gasteiger partial charge in [0.05, 0.1) is 4.92 Å². The third-order valence-corrected chi connectivity index (χ3v) is 2.52. The van der Waals surface area contributed by atoms with E-state index < -0.39 is 10.5 Å². The van der Waals surface area contributed by atoms with Gasteiger partial charge in [-0.15, -0.1) is 0 Å². The van der Waals surface area contributed by atoms with Gasteiger partial charge in [0.15, 0.2) is 0 Å². The van der Waals surface area contributed by atoms with Gasteiger partial charge >= 0.3 is 5.63 Å². The number of nitro benzene ring substituents is 1. The molecule has 0 aliphatic carbocycles. The molecule has 0 atom stereocenters. The van der Waals surface area contributed by atoms with E-state index in [4.69, 9.17) is 0 Å². The maximum atomic E-state index is 11.0. The van der Waals surface area contributed by atoms with E-state index in [1.54, 1.807) is 19.9 Å². The van der Waals surface area contributed by atoms with Crippen LogP contribution in [-0.2, 0) is 0 Å². The van der Waals surface area contributed by atoms with E-state index in [9.17, 15) is 14.9 Å². The van der Waals surface area contributed by atoms with Crippen LogP contribution in [0.15, 0.2) is 27.6 Å². The first-order valence-electron chi connectivity index (χ1n) is 4.86. The van der Waals surface area contributed by atoms with Gasteiger partial charge in [0.25, 0.3) is 17.6 Å². The molecule has 0 fully saturated rings. The van der Waals surface area contributed by atoms with E-state index in [-0.39, 0.29) is 5.69 Å². The minimum atomic E-state index is -0.546. The lowest BCUT2D eigenvalue weighted by atomic mass is 10.1. The predicted octanol–water partition coefficient (Wildman–Crippen LogP) is 0.770. The molecule has 0 aliphatic rings. The molecule has 1 aromatic carbocycles. The Kier molecular flexibility index (Phi) is 2.51. The molecule has 1 heterocycles. The fourth-order valence-electron chi connectivity index (χ4n) is 1.76. The molecule has 0 aliphatic heterocycles. The monoisotopic (exact) mass is 236 g/mol. The van der Waals surface area contributed by atoms with Crippen LogP contribution in [0, 0.1) is 24.0 Å². The van der Waals surface area contributed by atoms with E-state index in [2.05, 4.69) is 9.79 Å². The molecule has 7 nitrogen and oxygen atoms in total. The van der Waals surface area contributed by atoms with Crippen LogP contribution >= 0.6 is 0 Å². The number of aryl methyl sites for hydroxylation is 1. The summed E-state index contributed by atoms with van der Waals surface area (Å²) in [5.41, 5.74) is 1.27. The van der Waals surface area contributed by atoms with Crippen molar-refractivity contribution in [3.8, 4) is 5.69 Å². The molecule has 0 radical (unpaired) electrons. The molecule has 1 N–H and O–H groups in total. The Morgan fingerprint density at radius 1 is 1.41 bits per heavy atom. The topological polar surface area (TPSA) is 93.0 Å². The second-order valence-corrected chi connectivity index (χ2v) is 3.64. The summed E-state index contributed by atoms with van der Waals surface area (Å²) in [4.78, 5) is 21.3. The number of nitro groups is 1. The minimum Gasteiger partial charge on any atom is -0.283 e. The van der Waals surface area contributed by atoms with Crippen LogP contribution in [0.1, 0.15) is 11.1 Å². The van der Waals surface area contributed by atoms with Gasteiger partial charge in [-0.25, -0.2) is 4.79 Å². The molecular weight excluding hydrogens is 226 g/mol. The Bertz CT molecular complexity index is 641. The Hall–Kier alpha value is -2.44. The number of H-pyrrole nitrogens is 1. The molecule has 17 heavy (non-hydrogen) atoms. The summed E-state index contributed by atoms with van der Waals surface area (Å²) < 4.78 is 5.88. The molecule has 88 valence electrons. The number of rotatable bonds is 2. The van der Waals surface area contributed by atoms with Crippen LogP contribution in [0.3, 0.4) is 0 Å². The number of aromatic nitrogens is 2. The quantitative estimate of drug-likeness (QED) is 0.473. The van der Waals surface area contributed by atoms with Crippen molar-refractivity contribution in [2.45, 2.75) is 13.8 Å². The summed E-state index contributed by atoms with van der Waals surface area (Å²) in [5.74, 6) is 0. The van der Waals surface area contributed by atoms with Crippen molar-refractivity contribution in [3.63, 3.8) is 0 Å². The molecule has 0 bridgehead atoms. The first-order valence-corrected chi connectivity index (χ1v) is 4.86. The number of nitrogens with one attached hydrogen (secondary N) is 1. The van der Waals surface area contributed by atoms with E-state index in [1.165, 1.54) is 16.9 Å². The molecule has 7 heteroatoms. The molecule has 0 unspecified atom stereocenters. The molecule has 0 amide bonds. The van der Waals surface area contributed by atoms with Gasteiger partial charge in [0, 0.05) is 11.6 Å². The van der Waals surface area contributed by atoms with Crippen LogP contribution in [0.25, 0.3) is 5.69 Å². The van der Waals surface area contributed by atoms with E-state index >= 15 is 0 Å². The molecular formula is C10H10N3O4+. The maximum absolute atomic E-state index is 11.0. The molecule has 1 aromatic heterocycles. The van der Waals surface area contributed by atoms with Gasteiger partial charge in [-0.3, -0.25) is 14.6 Å². The van der Waals surface area contributed by atoms with Crippen molar-refractivity contribution in [1.29, 1.82) is 0 Å². The zero-order valence-electron chi connectivity index (χ0n) is 9.26. The number of benzene rings is 1. The Morgan fingerprint density at radius 2 is 2.12 bits per heavy atom. The van der Waals surface area contributed by atoms with Crippen LogP contribution in [0.2, 0.25) is 0 Å². The molecule has 2 aromatic rings. The first-order chi connectivity index (χ1) is 8.00. The minimum absolute atomic E-state index is 0.000138. The lowest BCUT2D eigenvalue weighted by Crippen LogP contribution is -2.34. The van der Waals surface area contributed by atoms with Crippen LogP contribution in [-0.4, -0.2) is 10.2 Å². The van der Waals surface area contributed by atoms with Gasteiger partial charge in [-0.2, -0.15) is 0 Å². The van der Waals surface area contributed by atoms with Crippen LogP contribution < -0.4 is 10.3 Å². The standard InChI is InChI=1S/C10H9N3O4/c1-6-3-4-8(13(15)16)7(2)10(6)12-5-9(14)17-11-12/h3-5H,1-2H3/p+1. The van der Waals surface area contributed by atoms with Crippen molar-refractivity contribution in [2.75, 3.05) is 0 Å². The van der Waals surface area contributed by atoms with Gasteiger partial charge < -0.3 is 0 Å². The first kappa shape index (κ1) is 11.1. The van der Waals surface area contributed by atoms with Gasteiger partial charge in [0.1, 0.15) is 5.56 Å². The van der Waals surface area contributed by atoms with Crippen molar-refractivity contribution in [3.05, 3.63) is 50.0 Å². The highest BCUT2D eigenvalue weighted by atomic mass is 16.6. The van der Waals surface area contributed by atoms with E-state index in [1.807, 2.05) is 0 Å². The summed E-state index contributed by atoms with van der Waals surface area (Å²) in [6, 6.07) is 3.06. The summed E-state index contributed by atoms with van der Waals surface area (Å²) in [7, 11) is 0. The van der Waals surface area contributed by atoms with Crippen molar-refractivity contribution in [2.24, 2.45) is 0 Å². The van der Waals surface area contributed by atoms with Gasteiger partial charge in [-0.1, -0.05) is 0 Å². The normalized spacial score (nSPS) is 10.5. The van der Waals surface area contributed by atoms with Crippen molar-refractivity contribution in [1.82, 2.24) is 5.27 Å². The molecule has 0 saturated carbocycles. The maximum Gasteiger partial charge on any atom is 0.427 e. The lowest BCUT2D eigenvalue weighted by Gasteiger charge is -2.01. The number of hydrogen-bond donors (Lipinski definition) is 1. The highest BCUT2D eigenvalue weighted by Gasteiger charge is 2.24. The van der Waals surface area contributed by atoms with Crippen LogP contribution in [0.4, 0.5) is 5.69 Å². The zero-order valence-corrected chi connectivity index (χ0v) is 9.26. The fraction of sp³-hybridized carbons (Fsp3) is 0.200. The number of hydrogen-bond acceptors (Lipinski definition) is 4. The summed E-state index contributed by atoms with van der Waals surface area (Å²) >= 11 is 0. The van der Waals surface area contributed by atoms with E-state index in [0.717, 1.165) is 5.56 Å². The SMILES string of the molecule is Cc1ccc([N+](=O)[O-])c(C)c1-[n+]1cc(=O)o[nH]1. The smallest absolute Gasteiger partial charge is 0.283 e. The predicted molar refractivity (Wildman–Crippen MR) is 57.0 cm³/mol. The van der Waals surface area contributed by atoms with E-state index in [0.29, 0.717) is 11.3 Å². The lowest BCUT2D eigenvalue weighted by molar-refractivity contribution is -0.671. The average Bonchev–Trinajstić information content (AvgIpc) is 2.64. The zero-order chi connectivity index (χ0) is 12.6. The number of aromatic amines is 1. The highest BCUT2D eigenvalue weighted by molar-refractivity contribution is 5.52. The van der Waals surface area contributed by atoms with Crippen molar-refractivity contribution >= 4 is 5.69 Å². The fourth-order valence-corrected chi connectivity index (χ4v) is 1.76. The Morgan fingerprint density at radius 3 is 2.65 bits per heavy atom. The number of nitrogens with zero attached hydrogens (tertiary/aromatic N) is 2. The third-order valence-electron chi connectivity index (χ3n) is 2.52. The largest absolute Gasteiger partial charge is 0.427 e. The Balaban J connectivity index is 2.72. The molecule has 2 rings (SSSR count). The molecule has 0 spiro atoms. The summed E-state index contributed by atoms with van der Waals surface area (Å²) in [5, 5.41) is 13.2. The average molecular weight is 236 g/mol. The highest BCUT2D eigenvalue weighted by Crippen LogP contribution is 2.23. The van der Waals surface area contributed by atoms with Crippen molar-refractivity contribution < 1.29 is 14.1 Å². The summed E-state index contributed by atoms with van der Waals surface area (Å²) in [6.07, 6.45) is 1.19. The van der Waals surface area contributed by atoms with Gasteiger partial charge in [-0.05, 0) is 29.9 Å². The second kappa shape index (κ2) is 3.85. The van der Waals surface area contributed by atoms with Crippen LogP contribution in [0.5, 0.6) is 0 Å². The molecule has 0 saturated heterocycles.